The molecule has 0 radical (unpaired) electrons. The van der Waals surface area contributed by atoms with Gasteiger partial charge >= 0.3 is 0 Å². The van der Waals surface area contributed by atoms with E-state index in [1.54, 1.807) is 60.7 Å². The summed E-state index contributed by atoms with van der Waals surface area (Å²) in [4.78, 5) is 52.7. The first-order valence-electron chi connectivity index (χ1n) is 10.6. The zero-order valence-corrected chi connectivity index (χ0v) is 17.4. The Labute approximate surface area is 188 Å². The van der Waals surface area contributed by atoms with Crippen molar-refractivity contribution in [1.82, 2.24) is 0 Å². The van der Waals surface area contributed by atoms with Crippen LogP contribution in [0.25, 0.3) is 65.4 Å². The van der Waals surface area contributed by atoms with Crippen LogP contribution < -0.4 is 21.7 Å². The maximum absolute atomic E-state index is 13.3. The van der Waals surface area contributed by atoms with Crippen molar-refractivity contribution < 1.29 is 8.83 Å². The zero-order chi connectivity index (χ0) is 23.1. The molecule has 160 valence electrons. The van der Waals surface area contributed by atoms with Gasteiger partial charge in [-0.2, -0.15) is 0 Å². The average Bonchev–Trinajstić information content (AvgIpc) is 2.88. The van der Waals surface area contributed by atoms with Crippen molar-refractivity contribution in [2.45, 2.75) is 0 Å². The Bertz CT molecular complexity index is 2090. The number of rotatable bonds is 0. The molecule has 6 heteroatoms. The lowest BCUT2D eigenvalue weighted by Crippen LogP contribution is -2.13. The molecule has 0 bridgehead atoms. The second-order valence-corrected chi connectivity index (χ2v) is 8.24. The summed E-state index contributed by atoms with van der Waals surface area (Å²) in [7, 11) is 0. The fraction of sp³-hybridized carbons (Fsp3) is 0. The van der Waals surface area contributed by atoms with Crippen molar-refractivity contribution in [3.8, 4) is 0 Å². The number of hydrogen-bond donors (Lipinski definition) is 0. The van der Waals surface area contributed by atoms with Crippen molar-refractivity contribution in [2.24, 2.45) is 0 Å². The molecule has 1 heterocycles. The maximum atomic E-state index is 13.3. The predicted molar refractivity (Wildman–Crippen MR) is 132 cm³/mol. The van der Waals surface area contributed by atoms with E-state index >= 15 is 0 Å². The first-order valence-corrected chi connectivity index (χ1v) is 10.6. The van der Waals surface area contributed by atoms with Gasteiger partial charge in [0.25, 0.3) is 0 Å². The molecule has 0 amide bonds. The van der Waals surface area contributed by atoms with Crippen LogP contribution in [0.15, 0.2) is 101 Å². The summed E-state index contributed by atoms with van der Waals surface area (Å²) in [5.41, 5.74) is -0.603. The topological polar surface area (TPSA) is 94.6 Å². The van der Waals surface area contributed by atoms with Crippen molar-refractivity contribution in [3.05, 3.63) is 114 Å². The van der Waals surface area contributed by atoms with Gasteiger partial charge in [0.2, 0.25) is 0 Å². The molecule has 0 saturated carbocycles. The van der Waals surface area contributed by atoms with Crippen LogP contribution in [0, 0.1) is 0 Å². The zero-order valence-electron chi connectivity index (χ0n) is 17.4. The van der Waals surface area contributed by atoms with Crippen LogP contribution >= 0.6 is 0 Å². The number of hydrogen-bond acceptors (Lipinski definition) is 6. The third-order valence-corrected chi connectivity index (χ3v) is 6.44. The van der Waals surface area contributed by atoms with Gasteiger partial charge in [0, 0.05) is 32.3 Å². The van der Waals surface area contributed by atoms with E-state index in [1.165, 1.54) is 12.1 Å². The van der Waals surface area contributed by atoms with Crippen LogP contribution in [0.4, 0.5) is 0 Å². The van der Waals surface area contributed by atoms with Crippen LogP contribution in [0.5, 0.6) is 0 Å². The lowest BCUT2D eigenvalue weighted by Gasteiger charge is -2.08. The van der Waals surface area contributed by atoms with Gasteiger partial charge < -0.3 is 8.83 Å². The lowest BCUT2D eigenvalue weighted by atomic mass is 10.0. The Balaban J connectivity index is 1.72. The first-order chi connectivity index (χ1) is 16.5. The summed E-state index contributed by atoms with van der Waals surface area (Å²) >= 11 is 0. The van der Waals surface area contributed by atoms with Crippen LogP contribution in [0.1, 0.15) is 0 Å². The van der Waals surface area contributed by atoms with E-state index in [4.69, 9.17) is 8.83 Å². The van der Waals surface area contributed by atoms with E-state index in [1.807, 2.05) is 0 Å². The number of benzene rings is 6. The molecule has 0 N–H and O–H groups in total. The molecule has 6 aromatic carbocycles. The van der Waals surface area contributed by atoms with E-state index < -0.39 is 0 Å². The standard InChI is InChI=1S/C28H12O6/c29-23-13-5-1-3-7-15(13)25(31)21-17(23)9-11-19-27(21)33-20-12-10-18-22(28(20)34-19)26(32)16-8-4-2-6-14(16)24(18)30/h1-12H. The Morgan fingerprint density at radius 1 is 0.382 bits per heavy atom. The SMILES string of the molecule is O=c1c2ccccc2c(=O)c2c1ccc1oc3c(ccc4c(=O)c5ccccc5c(=O)c43)oc12. The summed E-state index contributed by atoms with van der Waals surface area (Å²) in [6.07, 6.45) is 0. The van der Waals surface area contributed by atoms with Gasteiger partial charge in [-0.05, 0) is 24.3 Å². The van der Waals surface area contributed by atoms with Crippen molar-refractivity contribution >= 4 is 65.4 Å². The Morgan fingerprint density at radius 3 is 1.12 bits per heavy atom. The minimum atomic E-state index is -0.341. The van der Waals surface area contributed by atoms with Crippen LogP contribution in [-0.4, -0.2) is 0 Å². The summed E-state index contributed by atoms with van der Waals surface area (Å²) < 4.78 is 12.2. The molecule has 0 fully saturated rings. The Morgan fingerprint density at radius 2 is 0.735 bits per heavy atom. The molecule has 0 aliphatic heterocycles. The van der Waals surface area contributed by atoms with Gasteiger partial charge in [-0.1, -0.05) is 48.5 Å². The van der Waals surface area contributed by atoms with Crippen molar-refractivity contribution in [1.29, 1.82) is 0 Å². The highest BCUT2D eigenvalue weighted by atomic mass is 16.4. The third-order valence-electron chi connectivity index (χ3n) is 6.44. The molecule has 7 aromatic rings. The average molecular weight is 444 g/mol. The summed E-state index contributed by atoms with van der Waals surface area (Å²) in [5, 5.41) is 1.98. The Hall–Kier alpha value is -4.84. The monoisotopic (exact) mass is 444 g/mol. The highest BCUT2D eigenvalue weighted by Gasteiger charge is 2.19. The van der Waals surface area contributed by atoms with Gasteiger partial charge in [-0.25, -0.2) is 0 Å². The fourth-order valence-electron chi connectivity index (χ4n) is 4.86. The maximum Gasteiger partial charge on any atom is 0.198 e. The van der Waals surface area contributed by atoms with Gasteiger partial charge in [0.05, 0.1) is 10.8 Å². The quantitative estimate of drug-likeness (QED) is 0.249. The summed E-state index contributed by atoms with van der Waals surface area (Å²) in [5.74, 6) is 0. The largest absolute Gasteiger partial charge is 0.449 e. The molecule has 0 atom stereocenters. The van der Waals surface area contributed by atoms with Crippen LogP contribution in [0.3, 0.4) is 0 Å². The lowest BCUT2D eigenvalue weighted by molar-refractivity contribution is 0.587. The summed E-state index contributed by atoms with van der Waals surface area (Å²) in [6.45, 7) is 0. The molecule has 1 aromatic heterocycles. The van der Waals surface area contributed by atoms with Gasteiger partial charge in [-0.3, -0.25) is 19.2 Å². The van der Waals surface area contributed by atoms with Crippen LogP contribution in [-0.2, 0) is 0 Å². The first kappa shape index (κ1) is 18.7. The molecular formula is C28H12O6. The molecule has 0 saturated heterocycles. The normalized spacial score (nSPS) is 12.0. The fourth-order valence-corrected chi connectivity index (χ4v) is 4.86. The van der Waals surface area contributed by atoms with Crippen molar-refractivity contribution in [3.63, 3.8) is 0 Å². The molecule has 6 nitrogen and oxygen atoms in total. The second kappa shape index (κ2) is 6.36. The minimum absolute atomic E-state index is 0.118. The predicted octanol–water partition coefficient (Wildman–Crippen LogP) is 4.67. The van der Waals surface area contributed by atoms with Gasteiger partial charge in [0.1, 0.15) is 0 Å². The molecule has 0 spiro atoms. The van der Waals surface area contributed by atoms with E-state index in [9.17, 15) is 19.2 Å². The number of fused-ring (bicyclic) bond motifs is 8. The molecule has 34 heavy (non-hydrogen) atoms. The highest BCUT2D eigenvalue weighted by Crippen LogP contribution is 2.31. The molecule has 0 aliphatic carbocycles. The molecule has 0 unspecified atom stereocenters. The van der Waals surface area contributed by atoms with E-state index in [0.717, 1.165) is 0 Å². The van der Waals surface area contributed by atoms with E-state index in [0.29, 0.717) is 21.5 Å². The van der Waals surface area contributed by atoms with Gasteiger partial charge in [-0.15, -0.1) is 0 Å². The smallest absolute Gasteiger partial charge is 0.198 e. The Kier molecular flexibility index (Phi) is 3.50. The summed E-state index contributed by atoms with van der Waals surface area (Å²) in [6, 6.07) is 19.4. The molecule has 0 aliphatic rings. The third kappa shape index (κ3) is 2.24. The second-order valence-electron chi connectivity index (χ2n) is 8.24. The van der Waals surface area contributed by atoms with E-state index in [2.05, 4.69) is 0 Å². The molecule has 7 rings (SSSR count). The minimum Gasteiger partial charge on any atom is -0.449 e. The molecular weight excluding hydrogens is 432 g/mol. The highest BCUT2D eigenvalue weighted by molar-refractivity contribution is 6.12. The van der Waals surface area contributed by atoms with Crippen molar-refractivity contribution in [2.75, 3.05) is 0 Å². The van der Waals surface area contributed by atoms with Crippen LogP contribution in [0.2, 0.25) is 0 Å². The van der Waals surface area contributed by atoms with E-state index in [-0.39, 0.29) is 65.6 Å². The van der Waals surface area contributed by atoms with Gasteiger partial charge in [0.15, 0.2) is 44.0 Å².